The fraction of sp³-hybridized carbons (Fsp3) is 0.346. The van der Waals surface area contributed by atoms with Gasteiger partial charge >= 0.3 is 5.97 Å². The maximum absolute atomic E-state index is 13.6. The average molecular weight is 406 g/mol. The van der Waals surface area contributed by atoms with Gasteiger partial charge in [-0.25, -0.2) is 4.39 Å². The Morgan fingerprint density at radius 1 is 1.13 bits per heavy atom. The van der Waals surface area contributed by atoms with Crippen LogP contribution in [0.1, 0.15) is 49.8 Å². The largest absolute Gasteiger partial charge is 0.458 e. The van der Waals surface area contributed by atoms with Crippen molar-refractivity contribution in [2.45, 2.75) is 51.7 Å². The second-order valence-corrected chi connectivity index (χ2v) is 8.82. The number of esters is 1. The molecule has 2 aromatic carbocycles. The van der Waals surface area contributed by atoms with Crippen LogP contribution in [-0.4, -0.2) is 23.3 Å². The highest BCUT2D eigenvalue weighted by molar-refractivity contribution is 5.86. The van der Waals surface area contributed by atoms with E-state index in [1.807, 2.05) is 30.4 Å². The topological polar surface area (TPSA) is 46.5 Å². The Kier molecular flexibility index (Phi) is 5.61. The van der Waals surface area contributed by atoms with Gasteiger partial charge in [-0.2, -0.15) is 0 Å². The van der Waals surface area contributed by atoms with Crippen LogP contribution in [0.25, 0.3) is 5.57 Å². The summed E-state index contributed by atoms with van der Waals surface area (Å²) in [5, 5.41) is 9.94. The summed E-state index contributed by atoms with van der Waals surface area (Å²) >= 11 is 0. The van der Waals surface area contributed by atoms with Crippen molar-refractivity contribution in [3.63, 3.8) is 0 Å². The first-order valence-electron chi connectivity index (χ1n) is 10.5. The molecule has 2 atom stereocenters. The van der Waals surface area contributed by atoms with Crippen molar-refractivity contribution < 1.29 is 19.0 Å². The fourth-order valence-electron chi connectivity index (χ4n) is 4.41. The van der Waals surface area contributed by atoms with Gasteiger partial charge in [-0.1, -0.05) is 56.3 Å². The quantitative estimate of drug-likeness (QED) is 0.711. The molecule has 1 saturated heterocycles. The predicted octanol–water partition coefficient (Wildman–Crippen LogP) is 5.22. The zero-order chi connectivity index (χ0) is 21.3. The first-order valence-corrected chi connectivity index (χ1v) is 10.5. The lowest BCUT2D eigenvalue weighted by molar-refractivity contribution is -0.156. The van der Waals surface area contributed by atoms with Gasteiger partial charge in [0.1, 0.15) is 11.9 Å². The summed E-state index contributed by atoms with van der Waals surface area (Å²) in [7, 11) is 0. The van der Waals surface area contributed by atoms with Crippen molar-refractivity contribution in [1.29, 1.82) is 0 Å². The van der Waals surface area contributed by atoms with Crippen LogP contribution >= 0.6 is 0 Å². The summed E-state index contributed by atoms with van der Waals surface area (Å²) in [5.41, 5.74) is 5.43. The molecule has 1 aliphatic heterocycles. The summed E-state index contributed by atoms with van der Waals surface area (Å²) in [6, 6.07) is 15.0. The number of rotatable bonds is 3. The minimum Gasteiger partial charge on any atom is -0.458 e. The van der Waals surface area contributed by atoms with Crippen molar-refractivity contribution in [3.8, 4) is 0 Å². The number of hydrogen-bond acceptors (Lipinski definition) is 3. The van der Waals surface area contributed by atoms with Crippen LogP contribution in [0.3, 0.4) is 0 Å². The minimum absolute atomic E-state index is 0.0483. The van der Waals surface area contributed by atoms with Gasteiger partial charge in [0.2, 0.25) is 0 Å². The zero-order valence-electron chi connectivity index (χ0n) is 17.4. The van der Waals surface area contributed by atoms with Gasteiger partial charge in [0.15, 0.2) is 0 Å². The van der Waals surface area contributed by atoms with Crippen molar-refractivity contribution in [1.82, 2.24) is 0 Å². The highest BCUT2D eigenvalue weighted by Crippen LogP contribution is 2.44. The van der Waals surface area contributed by atoms with Gasteiger partial charge in [0.05, 0.1) is 12.5 Å². The second kappa shape index (κ2) is 8.19. The molecule has 0 spiro atoms. The molecule has 0 unspecified atom stereocenters. The number of aliphatic hydroxyl groups is 1. The summed E-state index contributed by atoms with van der Waals surface area (Å²) < 4.78 is 19.1. The van der Waals surface area contributed by atoms with E-state index in [4.69, 9.17) is 4.74 Å². The van der Waals surface area contributed by atoms with Gasteiger partial charge in [0.25, 0.3) is 0 Å². The standard InChI is InChI=1S/C26H27FO3/c1-26(2)14-13-17-5-3-4-6-22(17)25(18-7-9-19(27)10-8-18)23(26)12-11-21-15-20(28)16-24(29)30-21/h3-12,20-21,28H,13-16H2,1-2H3/t20-,21-/m0/s1. The lowest BCUT2D eigenvalue weighted by atomic mass is 9.77. The van der Waals surface area contributed by atoms with E-state index in [-0.39, 0.29) is 23.6 Å². The Bertz CT molecular complexity index is 1000. The normalized spacial score (nSPS) is 23.8. The van der Waals surface area contributed by atoms with E-state index in [1.54, 1.807) is 0 Å². The smallest absolute Gasteiger partial charge is 0.309 e. The number of carbonyl (C=O) groups is 1. The zero-order valence-corrected chi connectivity index (χ0v) is 17.4. The summed E-state index contributed by atoms with van der Waals surface area (Å²) in [5.74, 6) is -0.637. The van der Waals surface area contributed by atoms with E-state index in [2.05, 4.69) is 32.0 Å². The summed E-state index contributed by atoms with van der Waals surface area (Å²) in [4.78, 5) is 11.7. The maximum atomic E-state index is 13.6. The number of aryl methyl sites for hydroxylation is 1. The monoisotopic (exact) mass is 406 g/mol. The van der Waals surface area contributed by atoms with Crippen molar-refractivity contribution in [2.75, 3.05) is 0 Å². The predicted molar refractivity (Wildman–Crippen MR) is 115 cm³/mol. The van der Waals surface area contributed by atoms with Crippen LogP contribution in [0, 0.1) is 11.2 Å². The van der Waals surface area contributed by atoms with Crippen LogP contribution in [0.5, 0.6) is 0 Å². The first-order chi connectivity index (χ1) is 14.3. The molecule has 2 aromatic rings. The molecule has 4 heteroatoms. The third-order valence-electron chi connectivity index (χ3n) is 6.10. The number of allylic oxidation sites excluding steroid dienone is 2. The van der Waals surface area contributed by atoms with Crippen LogP contribution in [0.15, 0.2) is 66.3 Å². The highest BCUT2D eigenvalue weighted by atomic mass is 19.1. The van der Waals surface area contributed by atoms with Gasteiger partial charge in [-0.05, 0) is 64.3 Å². The lowest BCUT2D eigenvalue weighted by Crippen LogP contribution is -2.31. The number of ether oxygens (including phenoxy) is 1. The van der Waals surface area contributed by atoms with Crippen LogP contribution in [0.4, 0.5) is 4.39 Å². The number of aliphatic hydroxyl groups excluding tert-OH is 1. The number of cyclic esters (lactones) is 1. The van der Waals surface area contributed by atoms with E-state index < -0.39 is 12.2 Å². The molecular weight excluding hydrogens is 379 g/mol. The molecule has 0 radical (unpaired) electrons. The summed E-state index contributed by atoms with van der Waals surface area (Å²) in [6.45, 7) is 4.42. The fourth-order valence-corrected chi connectivity index (χ4v) is 4.41. The van der Waals surface area contributed by atoms with Crippen LogP contribution < -0.4 is 0 Å². The molecule has 156 valence electrons. The first kappa shape index (κ1) is 20.5. The number of hydrogen-bond donors (Lipinski definition) is 1. The molecule has 30 heavy (non-hydrogen) atoms. The number of fused-ring (bicyclic) bond motifs is 1. The molecule has 2 aliphatic rings. The molecule has 1 fully saturated rings. The third-order valence-corrected chi connectivity index (χ3v) is 6.10. The van der Waals surface area contributed by atoms with Crippen molar-refractivity contribution in [3.05, 3.63) is 88.8 Å². The summed E-state index contributed by atoms with van der Waals surface area (Å²) in [6.07, 6.45) is 5.16. The Balaban J connectivity index is 1.86. The molecule has 0 amide bonds. The minimum atomic E-state index is -0.672. The average Bonchev–Trinajstić information content (AvgIpc) is 2.81. The number of halogens is 1. The molecule has 0 aromatic heterocycles. The third kappa shape index (κ3) is 4.24. The van der Waals surface area contributed by atoms with E-state index in [0.717, 1.165) is 35.1 Å². The Labute approximate surface area is 176 Å². The van der Waals surface area contributed by atoms with Crippen LogP contribution in [-0.2, 0) is 16.0 Å². The van der Waals surface area contributed by atoms with E-state index in [1.165, 1.54) is 17.7 Å². The van der Waals surface area contributed by atoms with Crippen LogP contribution in [0.2, 0.25) is 0 Å². The number of benzene rings is 2. The highest BCUT2D eigenvalue weighted by Gasteiger charge is 2.31. The molecular formula is C26H27FO3. The maximum Gasteiger partial charge on any atom is 0.309 e. The SMILES string of the molecule is CC1(C)CCc2ccccc2C(c2ccc(F)cc2)=C1C=C[C@H]1C[C@H](O)CC(=O)O1. The van der Waals surface area contributed by atoms with Crippen molar-refractivity contribution in [2.24, 2.45) is 5.41 Å². The van der Waals surface area contributed by atoms with Gasteiger partial charge < -0.3 is 9.84 Å². The lowest BCUT2D eigenvalue weighted by Gasteiger charge is -2.28. The van der Waals surface area contributed by atoms with Gasteiger partial charge in [-0.3, -0.25) is 4.79 Å². The Morgan fingerprint density at radius 2 is 1.87 bits per heavy atom. The molecule has 1 aliphatic carbocycles. The van der Waals surface area contributed by atoms with E-state index in [9.17, 15) is 14.3 Å². The van der Waals surface area contributed by atoms with Crippen molar-refractivity contribution >= 4 is 11.5 Å². The molecule has 0 saturated carbocycles. The molecule has 1 N–H and O–H groups in total. The Morgan fingerprint density at radius 3 is 2.60 bits per heavy atom. The molecule has 0 bridgehead atoms. The van der Waals surface area contributed by atoms with E-state index in [0.29, 0.717) is 6.42 Å². The second-order valence-electron chi connectivity index (χ2n) is 8.82. The van der Waals surface area contributed by atoms with Gasteiger partial charge in [0, 0.05) is 6.42 Å². The molecule has 4 rings (SSSR count). The number of carbonyl (C=O) groups excluding carboxylic acids is 1. The Hall–Kier alpha value is -2.72. The molecule has 1 heterocycles. The molecule has 3 nitrogen and oxygen atoms in total. The van der Waals surface area contributed by atoms with E-state index >= 15 is 0 Å². The van der Waals surface area contributed by atoms with Gasteiger partial charge in [-0.15, -0.1) is 0 Å².